The Balaban J connectivity index is 1.59. The Morgan fingerprint density at radius 1 is 1.00 bits per heavy atom. The molecule has 0 aromatic heterocycles. The number of fused-ring (bicyclic) bond motifs is 1. The van der Waals surface area contributed by atoms with E-state index in [0.29, 0.717) is 32.0 Å². The molecule has 0 radical (unpaired) electrons. The summed E-state index contributed by atoms with van der Waals surface area (Å²) in [6.07, 6.45) is 2.71. The molecule has 0 amide bonds. The molecule has 1 atom stereocenters. The molecule has 0 saturated carbocycles. The normalized spacial score (nSPS) is 14.9. The summed E-state index contributed by atoms with van der Waals surface area (Å²) < 4.78 is 26.0. The number of rotatable bonds is 11. The summed E-state index contributed by atoms with van der Waals surface area (Å²) in [6, 6.07) is 16.8. The second-order valence-corrected chi connectivity index (χ2v) is 9.88. The third-order valence-corrected chi connectivity index (χ3v) is 6.97. The Bertz CT molecular complexity index is 1200. The van der Waals surface area contributed by atoms with Crippen LogP contribution in [0, 0.1) is 5.82 Å². The number of aliphatic hydroxyl groups excluding tert-OH is 1. The first kappa shape index (κ1) is 26.8. The van der Waals surface area contributed by atoms with Crippen molar-refractivity contribution in [2.45, 2.75) is 31.7 Å². The van der Waals surface area contributed by atoms with E-state index in [2.05, 4.69) is 11.0 Å². The molecule has 0 aliphatic heterocycles. The lowest BCUT2D eigenvalue weighted by molar-refractivity contribution is 0.252. The minimum atomic E-state index is -0.391. The molecular formula is C30H37FN2O4. The Labute approximate surface area is 218 Å². The quantitative estimate of drug-likeness (QED) is 0.390. The van der Waals surface area contributed by atoms with Crippen molar-refractivity contribution in [1.29, 1.82) is 0 Å². The Hall–Kier alpha value is -3.29. The first-order valence-electron chi connectivity index (χ1n) is 12.8. The lowest BCUT2D eigenvalue weighted by Crippen LogP contribution is -2.28. The summed E-state index contributed by atoms with van der Waals surface area (Å²) >= 11 is 0. The SMILES string of the molecule is COc1ccc([C@@H]2CCc3cc(O)ccc3C2)c(N(CCO)Cc2ccc(OCCN(C)C)c(F)c2)c1. The number of anilines is 1. The van der Waals surface area contributed by atoms with Gasteiger partial charge in [0.25, 0.3) is 0 Å². The summed E-state index contributed by atoms with van der Waals surface area (Å²) in [5.41, 5.74) is 5.40. The zero-order valence-corrected chi connectivity index (χ0v) is 21.9. The Kier molecular flexibility index (Phi) is 8.90. The van der Waals surface area contributed by atoms with Gasteiger partial charge in [-0.1, -0.05) is 18.2 Å². The molecule has 6 nitrogen and oxygen atoms in total. The fraction of sp³-hybridized carbons (Fsp3) is 0.400. The van der Waals surface area contributed by atoms with Crippen LogP contribution < -0.4 is 14.4 Å². The van der Waals surface area contributed by atoms with E-state index in [1.807, 2.05) is 49.3 Å². The van der Waals surface area contributed by atoms with Crippen molar-refractivity contribution < 1.29 is 24.1 Å². The highest BCUT2D eigenvalue weighted by Crippen LogP contribution is 2.40. The molecular weight excluding hydrogens is 471 g/mol. The topological polar surface area (TPSA) is 65.4 Å². The van der Waals surface area contributed by atoms with Gasteiger partial charge in [0.15, 0.2) is 11.6 Å². The number of aryl methyl sites for hydroxylation is 1. The maximum Gasteiger partial charge on any atom is 0.165 e. The molecule has 0 unspecified atom stereocenters. The number of aromatic hydroxyl groups is 1. The molecule has 2 N–H and O–H groups in total. The zero-order valence-electron chi connectivity index (χ0n) is 21.9. The van der Waals surface area contributed by atoms with E-state index in [-0.39, 0.29) is 18.3 Å². The van der Waals surface area contributed by atoms with Gasteiger partial charge in [-0.2, -0.15) is 0 Å². The Morgan fingerprint density at radius 2 is 1.84 bits per heavy atom. The van der Waals surface area contributed by atoms with Crippen LogP contribution in [0.3, 0.4) is 0 Å². The molecule has 0 saturated heterocycles. The second kappa shape index (κ2) is 12.3. The van der Waals surface area contributed by atoms with Crippen molar-refractivity contribution in [3.8, 4) is 17.2 Å². The largest absolute Gasteiger partial charge is 0.508 e. The molecule has 7 heteroatoms. The molecule has 0 spiro atoms. The standard InChI is InChI=1S/C30H37FN2O4/c1-32(2)13-15-37-30-11-4-21(16-28(30)31)20-33(12-14-34)29-19-26(36-3)9-10-27(29)24-6-5-23-18-25(35)8-7-22(23)17-24/h4,7-11,16,18-19,24,34-35H,5-6,12-15,17,20H2,1-3H3/t24-/m1/s1. The van der Waals surface area contributed by atoms with E-state index in [4.69, 9.17) is 9.47 Å². The van der Waals surface area contributed by atoms with Crippen molar-refractivity contribution in [3.05, 3.63) is 82.7 Å². The number of ether oxygens (including phenoxy) is 2. The molecule has 1 aliphatic carbocycles. The van der Waals surface area contributed by atoms with E-state index in [0.717, 1.165) is 36.3 Å². The summed E-state index contributed by atoms with van der Waals surface area (Å²) in [6.45, 7) is 1.93. The van der Waals surface area contributed by atoms with Gasteiger partial charge in [0.2, 0.25) is 0 Å². The predicted octanol–water partition coefficient (Wildman–Crippen LogP) is 4.75. The molecule has 1 aliphatic rings. The highest BCUT2D eigenvalue weighted by Gasteiger charge is 2.25. The number of hydrogen-bond acceptors (Lipinski definition) is 6. The minimum absolute atomic E-state index is 0.0301. The van der Waals surface area contributed by atoms with Crippen LogP contribution in [0.1, 0.15) is 34.6 Å². The van der Waals surface area contributed by atoms with Crippen LogP contribution in [-0.4, -0.2) is 62.6 Å². The van der Waals surface area contributed by atoms with Gasteiger partial charge in [0, 0.05) is 31.4 Å². The van der Waals surface area contributed by atoms with Crippen LogP contribution >= 0.6 is 0 Å². The van der Waals surface area contributed by atoms with E-state index >= 15 is 0 Å². The predicted molar refractivity (Wildman–Crippen MR) is 144 cm³/mol. The first-order chi connectivity index (χ1) is 17.9. The van der Waals surface area contributed by atoms with E-state index in [1.54, 1.807) is 19.2 Å². The van der Waals surface area contributed by atoms with Gasteiger partial charge < -0.3 is 29.5 Å². The van der Waals surface area contributed by atoms with Crippen molar-refractivity contribution >= 4 is 5.69 Å². The lowest BCUT2D eigenvalue weighted by Gasteiger charge is -2.32. The van der Waals surface area contributed by atoms with Gasteiger partial charge in [-0.25, -0.2) is 4.39 Å². The lowest BCUT2D eigenvalue weighted by atomic mass is 9.79. The van der Waals surface area contributed by atoms with Crippen molar-refractivity contribution in [2.24, 2.45) is 0 Å². The van der Waals surface area contributed by atoms with Crippen molar-refractivity contribution in [3.63, 3.8) is 0 Å². The molecule has 3 aromatic rings. The smallest absolute Gasteiger partial charge is 0.165 e. The fourth-order valence-electron chi connectivity index (χ4n) is 5.00. The summed E-state index contributed by atoms with van der Waals surface area (Å²) in [5.74, 6) is 1.17. The molecule has 0 heterocycles. The second-order valence-electron chi connectivity index (χ2n) is 9.88. The molecule has 4 rings (SSSR count). The fourth-order valence-corrected chi connectivity index (χ4v) is 5.00. The maximum absolute atomic E-state index is 14.8. The molecule has 0 bridgehead atoms. The van der Waals surface area contributed by atoms with Gasteiger partial charge >= 0.3 is 0 Å². The first-order valence-corrected chi connectivity index (χ1v) is 12.8. The van der Waals surface area contributed by atoms with Gasteiger partial charge in [0.05, 0.1) is 13.7 Å². The third-order valence-electron chi connectivity index (χ3n) is 6.97. The number of halogens is 1. The van der Waals surface area contributed by atoms with Crippen LogP contribution in [0.25, 0.3) is 0 Å². The zero-order chi connectivity index (χ0) is 26.4. The minimum Gasteiger partial charge on any atom is -0.508 e. The summed E-state index contributed by atoms with van der Waals surface area (Å²) in [7, 11) is 5.54. The average Bonchev–Trinajstić information content (AvgIpc) is 2.89. The van der Waals surface area contributed by atoms with Crippen LogP contribution in [0.5, 0.6) is 17.2 Å². The van der Waals surface area contributed by atoms with Gasteiger partial charge in [-0.3, -0.25) is 0 Å². The molecule has 37 heavy (non-hydrogen) atoms. The number of nitrogens with zero attached hydrogens (tertiary/aromatic N) is 2. The summed E-state index contributed by atoms with van der Waals surface area (Å²) in [5, 5.41) is 19.8. The number of hydrogen-bond donors (Lipinski definition) is 2. The molecule has 3 aromatic carbocycles. The van der Waals surface area contributed by atoms with E-state index in [1.165, 1.54) is 22.8 Å². The maximum atomic E-state index is 14.8. The Morgan fingerprint density at radius 3 is 2.57 bits per heavy atom. The third kappa shape index (κ3) is 6.73. The van der Waals surface area contributed by atoms with E-state index < -0.39 is 5.82 Å². The number of methoxy groups -OCH3 is 1. The molecule has 0 fully saturated rings. The van der Waals surface area contributed by atoms with Crippen LogP contribution in [0.2, 0.25) is 0 Å². The number of aliphatic hydroxyl groups is 1. The summed E-state index contributed by atoms with van der Waals surface area (Å²) in [4.78, 5) is 4.07. The average molecular weight is 509 g/mol. The number of likely N-dealkylation sites (N-methyl/N-ethyl adjacent to an activating group) is 1. The number of phenolic OH excluding ortho intramolecular Hbond substituents is 1. The van der Waals surface area contributed by atoms with Crippen LogP contribution in [0.15, 0.2) is 54.6 Å². The van der Waals surface area contributed by atoms with Crippen molar-refractivity contribution in [2.75, 3.05) is 52.4 Å². The number of phenols is 1. The molecule has 198 valence electrons. The van der Waals surface area contributed by atoms with Crippen LogP contribution in [-0.2, 0) is 19.4 Å². The highest BCUT2D eigenvalue weighted by atomic mass is 19.1. The highest BCUT2D eigenvalue weighted by molar-refractivity contribution is 5.60. The van der Waals surface area contributed by atoms with E-state index in [9.17, 15) is 14.6 Å². The van der Waals surface area contributed by atoms with Crippen LogP contribution in [0.4, 0.5) is 10.1 Å². The van der Waals surface area contributed by atoms with Gasteiger partial charge in [0.1, 0.15) is 18.1 Å². The van der Waals surface area contributed by atoms with Crippen molar-refractivity contribution in [1.82, 2.24) is 4.90 Å². The van der Waals surface area contributed by atoms with Gasteiger partial charge in [-0.05, 0) is 91.9 Å². The van der Waals surface area contributed by atoms with Gasteiger partial charge in [-0.15, -0.1) is 0 Å². The number of benzene rings is 3. The monoisotopic (exact) mass is 508 g/mol.